The molecule has 1 fully saturated rings. The first-order valence-electron chi connectivity index (χ1n) is 11.5. The zero-order chi connectivity index (χ0) is 29.6. The van der Waals surface area contributed by atoms with Crippen LogP contribution in [0.25, 0.3) is 0 Å². The first-order chi connectivity index (χ1) is 18.9. The highest BCUT2D eigenvalue weighted by Gasteiger charge is 2.54. The number of rotatable bonds is 10. The molecule has 0 saturated carbocycles. The first kappa shape index (κ1) is 30.3. The van der Waals surface area contributed by atoms with Crippen LogP contribution in [0.15, 0.2) is 34.0 Å². The summed E-state index contributed by atoms with van der Waals surface area (Å²) in [7, 11) is 0. The molecule has 1 saturated heterocycles. The Morgan fingerprint density at radius 2 is 1.93 bits per heavy atom. The van der Waals surface area contributed by atoms with E-state index in [0.29, 0.717) is 5.57 Å². The topological polar surface area (TPSA) is 206 Å². The molecule has 17 heteroatoms. The lowest BCUT2D eigenvalue weighted by atomic mass is 10.0. The summed E-state index contributed by atoms with van der Waals surface area (Å²) < 4.78 is 14.9. The van der Waals surface area contributed by atoms with Gasteiger partial charge >= 0.3 is 23.9 Å². The third kappa shape index (κ3) is 7.44. The molecule has 0 bridgehead atoms. The number of nitrogen functional groups attached to an aromatic ring is 1. The van der Waals surface area contributed by atoms with Crippen molar-refractivity contribution < 1.29 is 47.8 Å². The Kier molecular flexibility index (Phi) is 10.0. The fourth-order valence-corrected chi connectivity index (χ4v) is 5.37. The van der Waals surface area contributed by atoms with Gasteiger partial charge in [-0.1, -0.05) is 11.2 Å². The van der Waals surface area contributed by atoms with Crippen molar-refractivity contribution in [1.82, 2.24) is 15.2 Å². The van der Waals surface area contributed by atoms with E-state index in [1.165, 1.54) is 43.1 Å². The molecule has 2 amide bonds. The molecular formula is C23H25N5O10S2. The first-order valence-corrected chi connectivity index (χ1v) is 13.5. The molecule has 3 heterocycles. The maximum absolute atomic E-state index is 13.2. The summed E-state index contributed by atoms with van der Waals surface area (Å²) in [5, 5.41) is 6.94. The van der Waals surface area contributed by atoms with E-state index < -0.39 is 53.4 Å². The summed E-state index contributed by atoms with van der Waals surface area (Å²) in [6, 6.07) is -1.09. The number of nitrogens with one attached hydrogen (secondary N) is 1. The number of hydrogen-bond donors (Lipinski definition) is 2. The number of oxime groups is 1. The summed E-state index contributed by atoms with van der Waals surface area (Å²) in [5.74, 6) is -4.21. The van der Waals surface area contributed by atoms with Gasteiger partial charge in [-0.05, 0) is 11.6 Å². The van der Waals surface area contributed by atoms with Gasteiger partial charge in [-0.15, -0.1) is 23.1 Å². The standard InChI is InChI=1S/C23H25N5O10S2/c1-10(29)35-7-5-6-14-8-39-21-17(20(33)28(21)18(14)22(34)37-13(4)36-11(2)30)26-19(32)16(27-38-12(3)31)15-9-40-23(24)25-15/h5-6,9,13,17,21H,7-8H2,1-4H3,(H2,24,25)(H,26,32)/b6-5+,27-16-/t13?,17-,21+/m1/s1. The van der Waals surface area contributed by atoms with Gasteiger partial charge in [0.25, 0.3) is 11.8 Å². The predicted octanol–water partition coefficient (Wildman–Crippen LogP) is 0.218. The van der Waals surface area contributed by atoms with Crippen molar-refractivity contribution in [2.75, 3.05) is 18.1 Å². The number of carbonyl (C=O) groups excluding carboxylic acids is 6. The number of anilines is 1. The van der Waals surface area contributed by atoms with E-state index in [9.17, 15) is 28.8 Å². The van der Waals surface area contributed by atoms with Gasteiger partial charge in [0.1, 0.15) is 29.4 Å². The number of fused-ring (bicyclic) bond motifs is 1. The van der Waals surface area contributed by atoms with Gasteiger partial charge in [0, 0.05) is 38.8 Å². The molecular weight excluding hydrogens is 570 g/mol. The van der Waals surface area contributed by atoms with Crippen LogP contribution in [-0.2, 0) is 47.8 Å². The van der Waals surface area contributed by atoms with Gasteiger partial charge in [-0.3, -0.25) is 24.1 Å². The fourth-order valence-electron chi connectivity index (χ4n) is 3.50. The van der Waals surface area contributed by atoms with Gasteiger partial charge in [-0.25, -0.2) is 14.6 Å². The van der Waals surface area contributed by atoms with Crippen LogP contribution in [0.2, 0.25) is 0 Å². The predicted molar refractivity (Wildman–Crippen MR) is 140 cm³/mol. The Morgan fingerprint density at radius 3 is 2.52 bits per heavy atom. The molecule has 0 aromatic carbocycles. The highest BCUT2D eigenvalue weighted by molar-refractivity contribution is 8.00. The molecule has 0 spiro atoms. The molecule has 3 atom stereocenters. The van der Waals surface area contributed by atoms with Crippen LogP contribution in [0.1, 0.15) is 33.4 Å². The van der Waals surface area contributed by atoms with E-state index >= 15 is 0 Å². The average molecular weight is 596 g/mol. The summed E-state index contributed by atoms with van der Waals surface area (Å²) in [4.78, 5) is 82.6. The second kappa shape index (κ2) is 13.2. The van der Waals surface area contributed by atoms with Crippen molar-refractivity contribution >= 4 is 69.6 Å². The van der Waals surface area contributed by atoms with Crippen LogP contribution >= 0.6 is 23.1 Å². The van der Waals surface area contributed by atoms with Gasteiger partial charge in [0.15, 0.2) is 10.8 Å². The zero-order valence-corrected chi connectivity index (χ0v) is 23.3. The molecule has 1 aromatic heterocycles. The molecule has 214 valence electrons. The summed E-state index contributed by atoms with van der Waals surface area (Å²) in [6.07, 6.45) is 1.75. The normalized spacial score (nSPS) is 19.4. The maximum Gasteiger partial charge on any atom is 0.358 e. The molecule has 1 aromatic rings. The number of thiazole rings is 1. The number of aromatic nitrogens is 1. The SMILES string of the molecule is CC(=O)OC/C=C/C1=C(C(=O)OC(C)OC(C)=O)N2C(=O)[C@@H](NC(=O)/C(=N\OC(C)=O)c3csc(N)n3)[C@@H]2SC1. The second-order valence-electron chi connectivity index (χ2n) is 8.12. The fraction of sp³-hybridized carbons (Fsp3) is 0.391. The largest absolute Gasteiger partial charge is 0.462 e. The summed E-state index contributed by atoms with van der Waals surface area (Å²) in [6.45, 7) is 4.74. The lowest BCUT2D eigenvalue weighted by Crippen LogP contribution is -2.71. The van der Waals surface area contributed by atoms with Crippen molar-refractivity contribution in [3.8, 4) is 0 Å². The highest BCUT2D eigenvalue weighted by Crippen LogP contribution is 2.41. The summed E-state index contributed by atoms with van der Waals surface area (Å²) in [5.41, 5.74) is 5.54. The van der Waals surface area contributed by atoms with Crippen LogP contribution in [0.5, 0.6) is 0 Å². The van der Waals surface area contributed by atoms with E-state index in [1.54, 1.807) is 0 Å². The number of amides is 2. The lowest BCUT2D eigenvalue weighted by molar-refractivity contribution is -0.182. The minimum atomic E-state index is -1.24. The Morgan fingerprint density at radius 1 is 1.20 bits per heavy atom. The number of ether oxygens (including phenoxy) is 3. The quantitative estimate of drug-likeness (QED) is 0.0928. The van der Waals surface area contributed by atoms with E-state index in [4.69, 9.17) is 19.9 Å². The van der Waals surface area contributed by atoms with Gasteiger partial charge in [-0.2, -0.15) is 0 Å². The monoisotopic (exact) mass is 595 g/mol. The van der Waals surface area contributed by atoms with Crippen molar-refractivity contribution in [2.45, 2.75) is 45.4 Å². The second-order valence-corrected chi connectivity index (χ2v) is 10.1. The molecule has 15 nitrogen and oxygen atoms in total. The Labute approximate surface area is 235 Å². The molecule has 2 aliphatic heterocycles. The maximum atomic E-state index is 13.2. The molecule has 40 heavy (non-hydrogen) atoms. The van der Waals surface area contributed by atoms with Crippen molar-refractivity contribution in [3.05, 3.63) is 34.5 Å². The number of carbonyl (C=O) groups is 6. The van der Waals surface area contributed by atoms with Gasteiger partial charge in [0.2, 0.25) is 6.29 Å². The number of nitrogens with zero attached hydrogens (tertiary/aromatic N) is 3. The van der Waals surface area contributed by atoms with Gasteiger partial charge in [0.05, 0.1) is 0 Å². The van der Waals surface area contributed by atoms with Crippen molar-refractivity contribution in [1.29, 1.82) is 0 Å². The van der Waals surface area contributed by atoms with E-state index in [2.05, 4.69) is 20.3 Å². The molecule has 3 N–H and O–H groups in total. The number of β-lactam (4-membered cyclic amide) rings is 1. The third-order valence-corrected chi connectivity index (χ3v) is 7.01. The van der Waals surface area contributed by atoms with Crippen LogP contribution in [0, 0.1) is 0 Å². The minimum absolute atomic E-state index is 0.0324. The minimum Gasteiger partial charge on any atom is -0.462 e. The highest BCUT2D eigenvalue weighted by atomic mass is 32.2. The molecule has 2 aliphatic rings. The zero-order valence-electron chi connectivity index (χ0n) is 21.7. The van der Waals surface area contributed by atoms with Crippen LogP contribution in [0.3, 0.4) is 0 Å². The Balaban J connectivity index is 1.84. The number of thioether (sulfide) groups is 1. The Bertz CT molecular complexity index is 1320. The molecule has 3 rings (SSSR count). The molecule has 0 aliphatic carbocycles. The number of nitrogens with two attached hydrogens (primary N) is 1. The Hall–Kier alpha value is -4.25. The number of esters is 3. The van der Waals surface area contributed by atoms with Crippen molar-refractivity contribution in [3.63, 3.8) is 0 Å². The summed E-state index contributed by atoms with van der Waals surface area (Å²) >= 11 is 2.27. The molecule has 0 radical (unpaired) electrons. The smallest absolute Gasteiger partial charge is 0.358 e. The van der Waals surface area contributed by atoms with E-state index in [-0.39, 0.29) is 34.6 Å². The number of allylic oxidation sites excluding steroid dienone is 1. The van der Waals surface area contributed by atoms with Gasteiger partial charge < -0.3 is 30.1 Å². The van der Waals surface area contributed by atoms with E-state index in [1.807, 2.05) is 0 Å². The van der Waals surface area contributed by atoms with Crippen LogP contribution in [0.4, 0.5) is 5.13 Å². The van der Waals surface area contributed by atoms with Crippen LogP contribution in [-0.4, -0.2) is 81.4 Å². The molecule has 1 unspecified atom stereocenters. The lowest BCUT2D eigenvalue weighted by Gasteiger charge is -2.49. The van der Waals surface area contributed by atoms with Crippen molar-refractivity contribution in [2.24, 2.45) is 5.16 Å². The third-order valence-electron chi connectivity index (χ3n) is 5.03. The van der Waals surface area contributed by atoms with E-state index in [0.717, 1.165) is 30.1 Å². The average Bonchev–Trinajstić information content (AvgIpc) is 3.29. The number of hydrogen-bond acceptors (Lipinski definition) is 15. The van der Waals surface area contributed by atoms with Crippen LogP contribution < -0.4 is 11.1 Å².